The molecule has 4 nitrogen and oxygen atoms in total. The van der Waals surface area contributed by atoms with Crippen molar-refractivity contribution >= 4 is 34.7 Å². The zero-order valence-electron chi connectivity index (χ0n) is 21.4. The Kier molecular flexibility index (Phi) is 5.95. The summed E-state index contributed by atoms with van der Waals surface area (Å²) >= 11 is 3.25. The van der Waals surface area contributed by atoms with Crippen LogP contribution in [0.3, 0.4) is 0 Å². The molecule has 1 N–H and O–H groups in total. The minimum Gasteiger partial charge on any atom is -0.324 e. The van der Waals surface area contributed by atoms with E-state index in [1.165, 1.54) is 46.6 Å². The zero-order chi connectivity index (χ0) is 25.2. The number of hydrogen-bond donors (Lipinski definition) is 1. The molecule has 188 valence electrons. The van der Waals surface area contributed by atoms with E-state index in [1.807, 2.05) is 43.0 Å². The Labute approximate surface area is 221 Å². The number of benzene rings is 2. The maximum atomic E-state index is 13.3. The van der Waals surface area contributed by atoms with E-state index in [4.69, 9.17) is 0 Å². The highest BCUT2D eigenvalue weighted by Gasteiger charge is 2.55. The van der Waals surface area contributed by atoms with E-state index >= 15 is 0 Å². The van der Waals surface area contributed by atoms with Crippen molar-refractivity contribution in [1.29, 1.82) is 0 Å². The third-order valence-electron chi connectivity index (χ3n) is 8.55. The molecule has 1 aliphatic heterocycles. The fourth-order valence-electron chi connectivity index (χ4n) is 6.70. The topological polar surface area (TPSA) is 51.1 Å². The minimum absolute atomic E-state index is 0.0175. The molecule has 2 fully saturated rings. The molecular weight excluding hydrogens is 484 g/mol. The van der Waals surface area contributed by atoms with Crippen LogP contribution in [-0.2, 0) is 16.8 Å². The van der Waals surface area contributed by atoms with Gasteiger partial charge in [0.05, 0.1) is 5.03 Å². The van der Waals surface area contributed by atoms with Crippen molar-refractivity contribution in [3.63, 3.8) is 0 Å². The monoisotopic (exact) mass is 518 g/mol. The molecule has 2 heterocycles. The van der Waals surface area contributed by atoms with Crippen molar-refractivity contribution in [2.75, 3.05) is 5.32 Å². The van der Waals surface area contributed by atoms with Crippen LogP contribution >= 0.6 is 23.1 Å². The number of carbonyl (C=O) groups excluding carboxylic acids is 1. The highest BCUT2D eigenvalue weighted by atomic mass is 32.2. The van der Waals surface area contributed by atoms with Gasteiger partial charge in [0.25, 0.3) is 0 Å². The number of nitrogens with one attached hydrogen (secondary N) is 1. The molecule has 0 radical (unpaired) electrons. The summed E-state index contributed by atoms with van der Waals surface area (Å²) in [6, 6.07) is 16.9. The van der Waals surface area contributed by atoms with Gasteiger partial charge in [0.15, 0.2) is 0 Å². The van der Waals surface area contributed by atoms with E-state index in [1.54, 1.807) is 4.57 Å². The summed E-state index contributed by atoms with van der Waals surface area (Å²) in [7, 11) is 0. The van der Waals surface area contributed by atoms with Gasteiger partial charge < -0.3 is 5.32 Å². The molecule has 0 unspecified atom stereocenters. The van der Waals surface area contributed by atoms with Gasteiger partial charge in [-0.1, -0.05) is 74.6 Å². The predicted octanol–water partition coefficient (Wildman–Crippen LogP) is 6.81. The highest BCUT2D eigenvalue weighted by Crippen LogP contribution is 2.64. The number of carbonyl (C=O) groups is 1. The molecule has 6 heteroatoms. The van der Waals surface area contributed by atoms with Gasteiger partial charge in [-0.2, -0.15) is 0 Å². The number of rotatable bonds is 4. The summed E-state index contributed by atoms with van der Waals surface area (Å²) in [5.41, 5.74) is 4.59. The summed E-state index contributed by atoms with van der Waals surface area (Å²) in [6.07, 6.45) is 3.92. The second-order valence-electron chi connectivity index (χ2n) is 11.8. The Bertz CT molecular complexity index is 1360. The number of thiazole rings is 1. The van der Waals surface area contributed by atoms with Crippen molar-refractivity contribution in [3.8, 4) is 0 Å². The van der Waals surface area contributed by atoms with Crippen LogP contribution in [0.15, 0.2) is 58.4 Å². The number of aryl methyl sites for hydroxylation is 1. The number of fused-ring (bicyclic) bond motifs is 6. The van der Waals surface area contributed by atoms with Crippen LogP contribution in [0.25, 0.3) is 0 Å². The van der Waals surface area contributed by atoms with E-state index in [2.05, 4.69) is 50.4 Å². The number of thioether (sulfide) groups is 1. The van der Waals surface area contributed by atoms with E-state index in [9.17, 15) is 9.59 Å². The van der Waals surface area contributed by atoms with E-state index < -0.39 is 0 Å². The van der Waals surface area contributed by atoms with Crippen molar-refractivity contribution in [3.05, 3.63) is 79.8 Å². The number of amides is 1. The molecule has 0 spiro atoms. The normalized spacial score (nSPS) is 26.5. The third kappa shape index (κ3) is 4.06. The average Bonchev–Trinajstić information content (AvgIpc) is 3.53. The predicted molar refractivity (Wildman–Crippen MR) is 149 cm³/mol. The number of para-hydroxylation sites is 1. The molecule has 3 aliphatic rings. The first-order valence-corrected chi connectivity index (χ1v) is 14.8. The molecule has 2 aromatic carbocycles. The summed E-state index contributed by atoms with van der Waals surface area (Å²) in [5, 5.41) is 4.58. The number of anilines is 1. The van der Waals surface area contributed by atoms with Crippen molar-refractivity contribution in [1.82, 2.24) is 4.57 Å². The first kappa shape index (κ1) is 24.1. The summed E-state index contributed by atoms with van der Waals surface area (Å²) in [6.45, 7) is 8.79. The van der Waals surface area contributed by atoms with Crippen LogP contribution in [-0.4, -0.2) is 15.7 Å². The lowest BCUT2D eigenvalue weighted by molar-refractivity contribution is -0.116. The van der Waals surface area contributed by atoms with E-state index in [0.717, 1.165) is 28.1 Å². The highest BCUT2D eigenvalue weighted by molar-refractivity contribution is 8.00. The largest absolute Gasteiger partial charge is 0.324 e. The van der Waals surface area contributed by atoms with Gasteiger partial charge >= 0.3 is 4.87 Å². The Hall–Kier alpha value is -2.31. The number of hydrogen-bond acceptors (Lipinski definition) is 4. The number of aromatic nitrogens is 1. The molecule has 2 bridgehead atoms. The minimum atomic E-state index is -0.145. The second-order valence-corrected chi connectivity index (χ2v) is 14.0. The van der Waals surface area contributed by atoms with Gasteiger partial charge in [-0.05, 0) is 72.1 Å². The molecule has 36 heavy (non-hydrogen) atoms. The lowest BCUT2D eigenvalue weighted by Gasteiger charge is -2.40. The quantitative estimate of drug-likeness (QED) is 0.413. The molecule has 5 atom stereocenters. The summed E-state index contributed by atoms with van der Waals surface area (Å²) in [4.78, 5) is 27.5. The first-order chi connectivity index (χ1) is 17.2. The van der Waals surface area contributed by atoms with Crippen molar-refractivity contribution in [2.24, 2.45) is 17.8 Å². The lowest BCUT2D eigenvalue weighted by atomic mass is 9.74. The van der Waals surface area contributed by atoms with E-state index in [-0.39, 0.29) is 28.7 Å². The van der Waals surface area contributed by atoms with Crippen LogP contribution in [0, 0.1) is 24.7 Å². The SMILES string of the molecule is Cc1ccccc1NC(=O)Cn1c2c(sc1=O)[C@@H](c1ccc(C(C)(C)C)cc1)[C@@H]1[C@H]3CC[C@@H](C3)[C@H]1S2. The molecule has 1 amide bonds. The van der Waals surface area contributed by atoms with Gasteiger partial charge in [-0.15, -0.1) is 11.8 Å². The molecule has 2 saturated carbocycles. The molecular formula is C30H34N2O2S2. The lowest BCUT2D eigenvalue weighted by Crippen LogP contribution is -2.35. The second kappa shape index (κ2) is 8.91. The Balaban J connectivity index is 1.37. The molecule has 3 aromatic rings. The third-order valence-corrected chi connectivity index (χ3v) is 11.4. The van der Waals surface area contributed by atoms with Gasteiger partial charge in [0.2, 0.25) is 5.91 Å². The Morgan fingerprint density at radius 3 is 2.50 bits per heavy atom. The van der Waals surface area contributed by atoms with Crippen molar-refractivity contribution < 1.29 is 4.79 Å². The molecule has 6 rings (SSSR count). The summed E-state index contributed by atoms with van der Waals surface area (Å²) < 4.78 is 1.75. The fraction of sp³-hybridized carbons (Fsp3) is 0.467. The maximum absolute atomic E-state index is 13.3. The van der Waals surface area contributed by atoms with Crippen LogP contribution < -0.4 is 10.2 Å². The van der Waals surface area contributed by atoms with Crippen LogP contribution in [0.1, 0.15) is 67.5 Å². The van der Waals surface area contributed by atoms with Gasteiger partial charge in [0, 0.05) is 21.7 Å². The number of nitrogens with zero attached hydrogens (tertiary/aromatic N) is 1. The molecule has 2 aliphatic carbocycles. The zero-order valence-corrected chi connectivity index (χ0v) is 23.0. The average molecular weight is 519 g/mol. The maximum Gasteiger partial charge on any atom is 0.308 e. The molecule has 1 aromatic heterocycles. The fourth-order valence-corrected chi connectivity index (χ4v) is 9.85. The smallest absolute Gasteiger partial charge is 0.308 e. The van der Waals surface area contributed by atoms with Crippen LogP contribution in [0.4, 0.5) is 5.69 Å². The van der Waals surface area contributed by atoms with Crippen LogP contribution in [0.5, 0.6) is 0 Å². The van der Waals surface area contributed by atoms with E-state index in [0.29, 0.717) is 11.2 Å². The van der Waals surface area contributed by atoms with Crippen molar-refractivity contribution in [2.45, 2.75) is 75.1 Å². The first-order valence-electron chi connectivity index (χ1n) is 13.1. The Morgan fingerprint density at radius 1 is 1.06 bits per heavy atom. The van der Waals surface area contributed by atoms with Crippen LogP contribution in [0.2, 0.25) is 0 Å². The standard InChI is InChI=1S/C30H34N2O2S2/c1-17-7-5-6-8-22(17)31-23(33)16-32-28-27(36-29(32)34)24(18-11-13-21(14-12-18)30(2,3)4)25-19-9-10-20(15-19)26(25)35-28/h5-8,11-14,19-20,24-26H,9-10,15-16H2,1-4H3,(H,31,33)/t19-,20-,24-,25-,26+/m0/s1. The van der Waals surface area contributed by atoms with Gasteiger partial charge in [-0.25, -0.2) is 0 Å². The molecule has 0 saturated heterocycles. The van der Waals surface area contributed by atoms with Gasteiger partial charge in [-0.3, -0.25) is 14.2 Å². The van der Waals surface area contributed by atoms with Gasteiger partial charge in [0.1, 0.15) is 6.54 Å². The Morgan fingerprint density at radius 2 is 1.78 bits per heavy atom. The summed E-state index contributed by atoms with van der Waals surface area (Å²) in [5.74, 6) is 2.14.